The minimum atomic E-state index is -0.565. The number of benzene rings is 1. The summed E-state index contributed by atoms with van der Waals surface area (Å²) in [5.41, 5.74) is 2.63. The topological polar surface area (TPSA) is 97.6 Å². The van der Waals surface area contributed by atoms with Crippen molar-refractivity contribution in [1.82, 2.24) is 24.7 Å². The first-order valence-electron chi connectivity index (χ1n) is 9.94. The van der Waals surface area contributed by atoms with Gasteiger partial charge >= 0.3 is 0 Å². The highest BCUT2D eigenvalue weighted by Crippen LogP contribution is 2.36. The third-order valence-electron chi connectivity index (χ3n) is 5.07. The van der Waals surface area contributed by atoms with E-state index < -0.39 is 6.04 Å². The highest BCUT2D eigenvalue weighted by atomic mass is 35.5. The van der Waals surface area contributed by atoms with Gasteiger partial charge in [0.25, 0.3) is 5.91 Å². The van der Waals surface area contributed by atoms with E-state index in [4.69, 9.17) is 16.7 Å². The zero-order chi connectivity index (χ0) is 22.1. The van der Waals surface area contributed by atoms with Crippen molar-refractivity contribution in [2.75, 3.05) is 10.6 Å². The molecular weight excluding hydrogens is 426 g/mol. The van der Waals surface area contributed by atoms with Gasteiger partial charge < -0.3 is 10.6 Å². The Balaban J connectivity index is 1.59. The second-order valence-corrected chi connectivity index (χ2v) is 7.64. The first-order valence-corrected chi connectivity index (χ1v) is 10.3. The van der Waals surface area contributed by atoms with Crippen molar-refractivity contribution in [3.8, 4) is 11.4 Å². The predicted molar refractivity (Wildman–Crippen MR) is 122 cm³/mol. The van der Waals surface area contributed by atoms with Crippen LogP contribution in [0, 0.1) is 0 Å². The van der Waals surface area contributed by atoms with Crippen LogP contribution < -0.4 is 10.6 Å². The molecule has 0 fully saturated rings. The number of rotatable bonds is 4. The van der Waals surface area contributed by atoms with E-state index in [0.717, 1.165) is 5.56 Å². The van der Waals surface area contributed by atoms with Crippen LogP contribution in [0.3, 0.4) is 0 Å². The third-order valence-corrected chi connectivity index (χ3v) is 5.33. The second kappa shape index (κ2) is 8.24. The fraction of sp³-hybridized carbons (Fsp3) is 0.0870. The standard InChI is InChI=1S/C23H18ClN7O/c1-14-19(22(32)28-18-7-3-5-13-26-18)20(17-6-2-4-12-25-17)31-23(27-14)29-21(30-31)15-8-10-16(24)11-9-15/h2-13,20H,1H3,(H,26,28,32)(H,27,29,30). The third kappa shape index (κ3) is 3.72. The van der Waals surface area contributed by atoms with Crippen LogP contribution in [0.1, 0.15) is 18.7 Å². The van der Waals surface area contributed by atoms with Gasteiger partial charge in [0.2, 0.25) is 5.95 Å². The maximum absolute atomic E-state index is 13.3. The van der Waals surface area contributed by atoms with Gasteiger partial charge in [-0.05, 0) is 55.5 Å². The Morgan fingerprint density at radius 1 is 1.03 bits per heavy atom. The molecule has 3 aromatic heterocycles. The summed E-state index contributed by atoms with van der Waals surface area (Å²) in [5.74, 6) is 1.21. The molecule has 0 saturated carbocycles. The van der Waals surface area contributed by atoms with Crippen LogP contribution in [-0.2, 0) is 4.79 Å². The van der Waals surface area contributed by atoms with Gasteiger partial charge in [-0.1, -0.05) is 23.7 Å². The Kier molecular flexibility index (Phi) is 5.12. The number of hydrogen-bond acceptors (Lipinski definition) is 6. The quantitative estimate of drug-likeness (QED) is 0.487. The summed E-state index contributed by atoms with van der Waals surface area (Å²) in [7, 11) is 0. The minimum absolute atomic E-state index is 0.293. The van der Waals surface area contributed by atoms with E-state index in [0.29, 0.717) is 39.6 Å². The van der Waals surface area contributed by atoms with Crippen LogP contribution in [0.2, 0.25) is 5.02 Å². The number of hydrogen-bond donors (Lipinski definition) is 2. The van der Waals surface area contributed by atoms with Crippen molar-refractivity contribution in [2.45, 2.75) is 13.0 Å². The minimum Gasteiger partial charge on any atom is -0.328 e. The van der Waals surface area contributed by atoms with Crippen LogP contribution in [0.15, 0.2) is 84.3 Å². The number of halogens is 1. The maximum Gasteiger partial charge on any atom is 0.257 e. The number of carbonyl (C=O) groups is 1. The summed E-state index contributed by atoms with van der Waals surface area (Å²) in [6.07, 6.45) is 3.32. The highest BCUT2D eigenvalue weighted by Gasteiger charge is 2.35. The molecule has 158 valence electrons. The molecule has 4 aromatic rings. The maximum atomic E-state index is 13.3. The number of carbonyl (C=O) groups excluding carboxylic acids is 1. The molecule has 0 aliphatic carbocycles. The normalized spacial score (nSPS) is 15.1. The number of fused-ring (bicyclic) bond motifs is 1. The van der Waals surface area contributed by atoms with E-state index in [2.05, 4.69) is 25.6 Å². The molecule has 0 saturated heterocycles. The number of allylic oxidation sites excluding steroid dienone is 1. The molecule has 9 heteroatoms. The van der Waals surface area contributed by atoms with Gasteiger partial charge in [0, 0.05) is 28.7 Å². The first kappa shape index (κ1) is 19.9. The summed E-state index contributed by atoms with van der Waals surface area (Å²) in [5, 5.41) is 11.4. The Morgan fingerprint density at radius 3 is 2.47 bits per heavy atom. The average Bonchev–Trinajstić information content (AvgIpc) is 3.23. The number of amides is 1. The fourth-order valence-corrected chi connectivity index (χ4v) is 3.72. The lowest BCUT2D eigenvalue weighted by Gasteiger charge is -2.27. The van der Waals surface area contributed by atoms with Crippen LogP contribution in [0.25, 0.3) is 11.4 Å². The van der Waals surface area contributed by atoms with Gasteiger partial charge in [-0.2, -0.15) is 4.98 Å². The zero-order valence-electron chi connectivity index (χ0n) is 17.0. The van der Waals surface area contributed by atoms with Crippen LogP contribution >= 0.6 is 11.6 Å². The highest BCUT2D eigenvalue weighted by molar-refractivity contribution is 6.30. The molecular formula is C23H18ClN7O. The van der Waals surface area contributed by atoms with E-state index in [1.165, 1.54) is 0 Å². The lowest BCUT2D eigenvalue weighted by Crippen LogP contribution is -2.32. The van der Waals surface area contributed by atoms with Gasteiger partial charge in [0.05, 0.1) is 11.3 Å². The average molecular weight is 444 g/mol. The summed E-state index contributed by atoms with van der Waals surface area (Å²) in [4.78, 5) is 26.7. The molecule has 8 nitrogen and oxygen atoms in total. The fourth-order valence-electron chi connectivity index (χ4n) is 3.60. The van der Waals surface area contributed by atoms with Crippen molar-refractivity contribution in [3.63, 3.8) is 0 Å². The summed E-state index contributed by atoms with van der Waals surface area (Å²) in [6, 6.07) is 17.6. The van der Waals surface area contributed by atoms with Crippen molar-refractivity contribution < 1.29 is 4.79 Å². The van der Waals surface area contributed by atoms with Crippen LogP contribution in [-0.4, -0.2) is 30.6 Å². The molecule has 0 radical (unpaired) electrons. The van der Waals surface area contributed by atoms with E-state index in [1.807, 2.05) is 43.3 Å². The van der Waals surface area contributed by atoms with Gasteiger partial charge in [0.1, 0.15) is 11.9 Å². The predicted octanol–water partition coefficient (Wildman–Crippen LogP) is 4.32. The lowest BCUT2D eigenvalue weighted by atomic mass is 9.99. The Hall–Kier alpha value is -4.04. The molecule has 5 rings (SSSR count). The van der Waals surface area contributed by atoms with Gasteiger partial charge in [-0.25, -0.2) is 9.67 Å². The van der Waals surface area contributed by atoms with Crippen LogP contribution in [0.4, 0.5) is 11.8 Å². The molecule has 1 aliphatic heterocycles. The Morgan fingerprint density at radius 2 is 1.78 bits per heavy atom. The summed E-state index contributed by atoms with van der Waals surface area (Å²) < 4.78 is 1.69. The molecule has 0 spiro atoms. The van der Waals surface area contributed by atoms with E-state index >= 15 is 0 Å². The molecule has 1 amide bonds. The van der Waals surface area contributed by atoms with E-state index in [9.17, 15) is 4.79 Å². The van der Waals surface area contributed by atoms with Gasteiger partial charge in [-0.15, -0.1) is 5.10 Å². The number of nitrogens with zero attached hydrogens (tertiary/aromatic N) is 5. The molecule has 1 aliphatic rings. The number of anilines is 2. The van der Waals surface area contributed by atoms with Crippen molar-refractivity contribution in [3.05, 3.63) is 95.0 Å². The van der Waals surface area contributed by atoms with Crippen molar-refractivity contribution >= 4 is 29.3 Å². The number of nitrogens with one attached hydrogen (secondary N) is 2. The molecule has 1 unspecified atom stereocenters. The number of pyridine rings is 2. The Bertz CT molecular complexity index is 1300. The van der Waals surface area contributed by atoms with Crippen LogP contribution in [0.5, 0.6) is 0 Å². The lowest BCUT2D eigenvalue weighted by molar-refractivity contribution is -0.113. The molecule has 1 atom stereocenters. The largest absolute Gasteiger partial charge is 0.328 e. The van der Waals surface area contributed by atoms with E-state index in [1.54, 1.807) is 41.3 Å². The van der Waals surface area contributed by atoms with Crippen molar-refractivity contribution in [2.24, 2.45) is 0 Å². The summed E-state index contributed by atoms with van der Waals surface area (Å²) >= 11 is 6.02. The summed E-state index contributed by atoms with van der Waals surface area (Å²) in [6.45, 7) is 1.84. The van der Waals surface area contributed by atoms with E-state index in [-0.39, 0.29) is 5.91 Å². The molecule has 4 heterocycles. The first-order chi connectivity index (χ1) is 15.6. The zero-order valence-corrected chi connectivity index (χ0v) is 17.8. The van der Waals surface area contributed by atoms with Gasteiger partial charge in [0.15, 0.2) is 5.82 Å². The second-order valence-electron chi connectivity index (χ2n) is 7.20. The molecule has 1 aromatic carbocycles. The van der Waals surface area contributed by atoms with Gasteiger partial charge in [-0.3, -0.25) is 9.78 Å². The SMILES string of the molecule is CC1=C(C(=O)Nc2ccccn2)C(c2ccccn2)n2nc(-c3ccc(Cl)cc3)nc2N1. The molecule has 2 N–H and O–H groups in total. The monoisotopic (exact) mass is 443 g/mol. The number of aromatic nitrogens is 5. The Labute approximate surface area is 189 Å². The smallest absolute Gasteiger partial charge is 0.257 e. The van der Waals surface area contributed by atoms with Crippen molar-refractivity contribution in [1.29, 1.82) is 0 Å². The molecule has 0 bridgehead atoms. The molecule has 32 heavy (non-hydrogen) atoms.